The molecule has 1 aliphatic rings. The van der Waals surface area contributed by atoms with Gasteiger partial charge in [0.2, 0.25) is 0 Å². The molecule has 0 aromatic carbocycles. The first-order valence-corrected chi connectivity index (χ1v) is 5.01. The summed E-state index contributed by atoms with van der Waals surface area (Å²) in [6.45, 7) is 0.901. The molecule has 0 amide bonds. The summed E-state index contributed by atoms with van der Waals surface area (Å²) < 4.78 is 3.40. The van der Waals surface area contributed by atoms with Gasteiger partial charge in [-0.05, 0) is 8.73 Å². The van der Waals surface area contributed by atoms with Crippen molar-refractivity contribution in [3.8, 4) is 0 Å². The summed E-state index contributed by atoms with van der Waals surface area (Å²) in [4.78, 5) is 20.0. The average molecular weight is 207 g/mol. The molecule has 1 rings (SSSR count). The van der Waals surface area contributed by atoms with Crippen molar-refractivity contribution in [3.05, 3.63) is 0 Å². The van der Waals surface area contributed by atoms with E-state index in [-0.39, 0.29) is 0 Å². The lowest BCUT2D eigenvalue weighted by Gasteiger charge is -1.85. The molecular formula is C2H8ClNO4P2. The van der Waals surface area contributed by atoms with Gasteiger partial charge in [-0.2, -0.15) is 9.33 Å². The molecule has 8 heteroatoms. The molecule has 3 N–H and O–H groups in total. The van der Waals surface area contributed by atoms with E-state index in [1.807, 2.05) is 0 Å². The third kappa shape index (κ3) is 8.95. The van der Waals surface area contributed by atoms with Crippen LogP contribution in [0.4, 0.5) is 0 Å². The largest absolute Gasteiger partial charge is 0.344 e. The Labute approximate surface area is 66.6 Å². The molecule has 0 aromatic heterocycles. The van der Waals surface area contributed by atoms with Crippen molar-refractivity contribution < 1.29 is 18.7 Å². The fraction of sp³-hybridized carbons (Fsp3) is 1.00. The predicted molar refractivity (Wildman–Crippen MR) is 40.6 cm³/mol. The Morgan fingerprint density at radius 2 is 2.30 bits per heavy atom. The van der Waals surface area contributed by atoms with Crippen molar-refractivity contribution in [2.45, 2.75) is 0 Å². The van der Waals surface area contributed by atoms with E-state index in [2.05, 4.69) is 21.2 Å². The maximum absolute atomic E-state index is 7.63. The molecule has 1 fully saturated rings. The second-order valence-corrected chi connectivity index (χ2v) is 3.31. The van der Waals surface area contributed by atoms with E-state index < -0.39 is 8.60 Å². The third-order valence-corrected chi connectivity index (χ3v) is 1.77. The van der Waals surface area contributed by atoms with E-state index >= 15 is 0 Å². The Balaban J connectivity index is 0.000000162. The average Bonchev–Trinajstić information content (AvgIpc) is 2.43. The smallest absolute Gasteiger partial charge is 0.327 e. The lowest BCUT2D eigenvalue weighted by atomic mass is 10.9. The highest BCUT2D eigenvalue weighted by atomic mass is 35.5. The minimum absolute atomic E-state index is 0.836. The van der Waals surface area contributed by atoms with Crippen molar-refractivity contribution in [2.75, 3.05) is 12.8 Å². The third-order valence-electron chi connectivity index (χ3n) is 0.535. The molecule has 0 saturated carbocycles. The molecule has 1 aliphatic heterocycles. The van der Waals surface area contributed by atoms with Gasteiger partial charge in [-0.3, -0.25) is 4.84 Å². The molecule has 0 bridgehead atoms. The summed E-state index contributed by atoms with van der Waals surface area (Å²) in [7, 11) is -1.50. The lowest BCUT2D eigenvalue weighted by molar-refractivity contribution is 0.132. The van der Waals surface area contributed by atoms with E-state index in [1.54, 1.807) is 0 Å². The number of hydrogen-bond acceptors (Lipinski definition) is 5. The molecule has 0 aliphatic carbocycles. The maximum atomic E-state index is 7.63. The van der Waals surface area contributed by atoms with E-state index in [9.17, 15) is 0 Å². The van der Waals surface area contributed by atoms with Crippen LogP contribution < -0.4 is 5.25 Å². The number of nitrogens with one attached hydrogen (secondary N) is 1. The quantitative estimate of drug-likeness (QED) is 0.546. The summed E-state index contributed by atoms with van der Waals surface area (Å²) >= 11 is 4.37. The minimum atomic E-state index is -2.33. The van der Waals surface area contributed by atoms with Gasteiger partial charge in [0.1, 0.15) is 0 Å². The van der Waals surface area contributed by atoms with E-state index in [0.717, 1.165) is 15.3 Å². The number of hydrogen-bond donors (Lipinski definition) is 3. The van der Waals surface area contributed by atoms with E-state index in [4.69, 9.17) is 14.6 Å². The van der Waals surface area contributed by atoms with Crippen LogP contribution in [-0.2, 0) is 8.91 Å². The molecule has 10 heavy (non-hydrogen) atoms. The van der Waals surface area contributed by atoms with Crippen molar-refractivity contribution in [3.63, 3.8) is 0 Å². The fourth-order valence-corrected chi connectivity index (χ4v) is 0.765. The van der Waals surface area contributed by atoms with Crippen LogP contribution in [0.15, 0.2) is 0 Å². The highest BCUT2D eigenvalue weighted by molar-refractivity contribution is 7.40. The van der Waals surface area contributed by atoms with Gasteiger partial charge in [0.15, 0.2) is 0 Å². The molecule has 1 heterocycles. The molecule has 62 valence electrons. The molecule has 1 saturated heterocycles. The van der Waals surface area contributed by atoms with E-state index in [1.165, 1.54) is 6.16 Å². The summed E-state index contributed by atoms with van der Waals surface area (Å²) in [6.07, 6.45) is 1.19. The van der Waals surface area contributed by atoms with Crippen LogP contribution in [0.1, 0.15) is 0 Å². The molecule has 1 atom stereocenters. The van der Waals surface area contributed by atoms with Gasteiger partial charge < -0.3 is 9.79 Å². The highest BCUT2D eigenvalue weighted by Gasteiger charge is 1.93. The SMILES string of the molecule is C1CPNO1.OP(O)OCl. The first kappa shape index (κ1) is 11.0. The zero-order chi connectivity index (χ0) is 7.82. The molecule has 0 radical (unpaired) electrons. The number of halogens is 1. The van der Waals surface area contributed by atoms with Gasteiger partial charge in [-0.1, -0.05) is 0 Å². The normalized spacial score (nSPS) is 19.2. The Hall–Kier alpha value is 0.950. The lowest BCUT2D eigenvalue weighted by Crippen LogP contribution is -1.90. The summed E-state index contributed by atoms with van der Waals surface area (Å²) in [5, 5.41) is 2.75. The van der Waals surface area contributed by atoms with Crippen molar-refractivity contribution >= 4 is 29.2 Å². The van der Waals surface area contributed by atoms with Crippen LogP contribution in [0.25, 0.3) is 0 Å². The fourth-order valence-electron chi connectivity index (χ4n) is 0.255. The van der Waals surface area contributed by atoms with Crippen LogP contribution in [0.3, 0.4) is 0 Å². The molecule has 0 spiro atoms. The molecule has 0 aromatic rings. The second-order valence-electron chi connectivity index (χ2n) is 1.20. The van der Waals surface area contributed by atoms with Gasteiger partial charge in [0.25, 0.3) is 0 Å². The zero-order valence-electron chi connectivity index (χ0n) is 4.95. The van der Waals surface area contributed by atoms with Crippen LogP contribution >= 0.6 is 29.2 Å². The molecule has 5 nitrogen and oxygen atoms in total. The van der Waals surface area contributed by atoms with Gasteiger partial charge in [0, 0.05) is 6.16 Å². The van der Waals surface area contributed by atoms with Crippen LogP contribution in [0, 0.1) is 0 Å². The van der Waals surface area contributed by atoms with Crippen molar-refractivity contribution in [1.29, 1.82) is 0 Å². The second kappa shape index (κ2) is 8.05. The molecule has 1 unspecified atom stereocenters. The monoisotopic (exact) mass is 207 g/mol. The Bertz CT molecular complexity index is 64.7. The van der Waals surface area contributed by atoms with Crippen molar-refractivity contribution in [1.82, 2.24) is 5.25 Å². The topological polar surface area (TPSA) is 71.0 Å². The van der Waals surface area contributed by atoms with Gasteiger partial charge >= 0.3 is 8.60 Å². The minimum Gasteiger partial charge on any atom is -0.327 e. The van der Waals surface area contributed by atoms with Gasteiger partial charge in [-0.15, -0.1) is 0 Å². The van der Waals surface area contributed by atoms with Crippen LogP contribution in [0.2, 0.25) is 0 Å². The van der Waals surface area contributed by atoms with Gasteiger partial charge in [-0.25, -0.2) is 0 Å². The van der Waals surface area contributed by atoms with E-state index in [0.29, 0.717) is 0 Å². The summed E-state index contributed by atoms with van der Waals surface area (Å²) in [6, 6.07) is 0. The van der Waals surface area contributed by atoms with Crippen LogP contribution in [0.5, 0.6) is 0 Å². The first-order chi connectivity index (χ1) is 4.77. The zero-order valence-corrected chi connectivity index (χ0v) is 7.60. The first-order valence-electron chi connectivity index (χ1n) is 2.33. The summed E-state index contributed by atoms with van der Waals surface area (Å²) in [5.74, 6) is 0. The van der Waals surface area contributed by atoms with Crippen molar-refractivity contribution in [2.24, 2.45) is 0 Å². The molecular weight excluding hydrogens is 199 g/mol. The Morgan fingerprint density at radius 1 is 1.70 bits per heavy atom. The van der Waals surface area contributed by atoms with Crippen LogP contribution in [-0.4, -0.2) is 22.6 Å². The van der Waals surface area contributed by atoms with Gasteiger partial charge in [0.05, 0.1) is 18.5 Å². The standard InChI is InChI=1S/C2H6NOP.ClH2O3P/c1-2-5-3-4-1;1-4-5(2)3/h3,5H,1-2H2;2-3H. The number of rotatable bonds is 1. The predicted octanol–water partition coefficient (Wildman–Crippen LogP) is 0.483. The Kier molecular flexibility index (Phi) is 8.82. The highest BCUT2D eigenvalue weighted by Crippen LogP contribution is 2.25. The summed E-state index contributed by atoms with van der Waals surface area (Å²) in [5.41, 5.74) is 0. The maximum Gasteiger partial charge on any atom is 0.344 e. The Morgan fingerprint density at radius 3 is 2.40 bits per heavy atom.